The van der Waals surface area contributed by atoms with E-state index in [-0.39, 0.29) is 18.4 Å². The lowest BCUT2D eigenvalue weighted by atomic mass is 10.2. The summed E-state index contributed by atoms with van der Waals surface area (Å²) < 4.78 is 12.8. The van der Waals surface area contributed by atoms with Crippen molar-refractivity contribution < 1.29 is 19.1 Å². The third-order valence-electron chi connectivity index (χ3n) is 4.47. The Bertz CT molecular complexity index is 1090. The summed E-state index contributed by atoms with van der Waals surface area (Å²) in [5, 5.41) is 9.70. The van der Waals surface area contributed by atoms with Crippen molar-refractivity contribution in [3.05, 3.63) is 59.5 Å². The van der Waals surface area contributed by atoms with Gasteiger partial charge in [-0.3, -0.25) is 9.59 Å². The lowest BCUT2D eigenvalue weighted by Crippen LogP contribution is -2.32. The molecule has 2 N–H and O–H groups in total. The number of anilines is 1. The van der Waals surface area contributed by atoms with Gasteiger partial charge in [-0.2, -0.15) is 5.10 Å². The van der Waals surface area contributed by atoms with Crippen LogP contribution in [0.25, 0.3) is 5.82 Å². The maximum atomic E-state index is 12.5. The second-order valence-corrected chi connectivity index (χ2v) is 7.00. The average molecular weight is 438 g/mol. The van der Waals surface area contributed by atoms with Crippen molar-refractivity contribution >= 4 is 17.5 Å². The van der Waals surface area contributed by atoms with Crippen molar-refractivity contribution in [2.24, 2.45) is 0 Å². The normalized spacial score (nSPS) is 10.5. The Morgan fingerprint density at radius 1 is 1.00 bits per heavy atom. The third-order valence-corrected chi connectivity index (χ3v) is 4.47. The van der Waals surface area contributed by atoms with E-state index in [2.05, 4.69) is 20.7 Å². The molecule has 0 saturated heterocycles. The van der Waals surface area contributed by atoms with Gasteiger partial charge in [-0.1, -0.05) is 0 Å². The van der Waals surface area contributed by atoms with Crippen LogP contribution in [0, 0.1) is 13.8 Å². The molecule has 0 spiro atoms. The summed E-state index contributed by atoms with van der Waals surface area (Å²) in [4.78, 5) is 29.0. The van der Waals surface area contributed by atoms with Gasteiger partial charge in [0.15, 0.2) is 17.3 Å². The molecule has 3 rings (SSSR count). The van der Waals surface area contributed by atoms with Gasteiger partial charge < -0.3 is 20.1 Å². The number of nitrogens with zero attached hydrogens (tertiary/aromatic N) is 3. The number of aromatic nitrogens is 3. The summed E-state index contributed by atoms with van der Waals surface area (Å²) in [6.07, 6.45) is 1.55. The molecule has 0 radical (unpaired) electrons. The average Bonchev–Trinajstić information content (AvgIpc) is 3.12. The second-order valence-electron chi connectivity index (χ2n) is 7.00. The highest BCUT2D eigenvalue weighted by Crippen LogP contribution is 2.28. The minimum Gasteiger partial charge on any atom is -0.490 e. The lowest BCUT2D eigenvalue weighted by Gasteiger charge is -2.12. The molecule has 32 heavy (non-hydrogen) atoms. The van der Waals surface area contributed by atoms with Gasteiger partial charge in [0.05, 0.1) is 37.3 Å². The third kappa shape index (κ3) is 5.63. The van der Waals surface area contributed by atoms with Gasteiger partial charge in [-0.25, -0.2) is 9.67 Å². The van der Waals surface area contributed by atoms with E-state index in [1.165, 1.54) is 0 Å². The molecule has 9 nitrogen and oxygen atoms in total. The molecular formula is C23H27N5O4. The summed E-state index contributed by atoms with van der Waals surface area (Å²) in [6.45, 7) is 8.33. The first-order valence-corrected chi connectivity index (χ1v) is 10.4. The van der Waals surface area contributed by atoms with Gasteiger partial charge in [0, 0.05) is 11.3 Å². The molecule has 2 heterocycles. The van der Waals surface area contributed by atoms with Crippen LogP contribution in [0.1, 0.15) is 35.6 Å². The van der Waals surface area contributed by atoms with E-state index in [1.54, 1.807) is 41.2 Å². The van der Waals surface area contributed by atoms with E-state index in [1.807, 2.05) is 33.8 Å². The summed E-state index contributed by atoms with van der Waals surface area (Å²) in [6, 6.07) is 10.4. The predicted molar refractivity (Wildman–Crippen MR) is 121 cm³/mol. The highest BCUT2D eigenvalue weighted by molar-refractivity contribution is 5.99. The zero-order valence-electron chi connectivity index (χ0n) is 18.6. The number of carbonyl (C=O) groups excluding carboxylic acids is 2. The number of aryl methyl sites for hydroxylation is 2. The van der Waals surface area contributed by atoms with Crippen molar-refractivity contribution in [1.82, 2.24) is 20.1 Å². The van der Waals surface area contributed by atoms with Crippen LogP contribution in [-0.2, 0) is 4.79 Å². The van der Waals surface area contributed by atoms with Crippen molar-refractivity contribution in [2.45, 2.75) is 27.7 Å². The molecule has 2 aromatic heterocycles. The molecule has 0 fully saturated rings. The summed E-state index contributed by atoms with van der Waals surface area (Å²) in [5.41, 5.74) is 2.77. The quantitative estimate of drug-likeness (QED) is 0.533. The molecule has 0 aliphatic rings. The molecule has 0 aliphatic heterocycles. The van der Waals surface area contributed by atoms with Crippen LogP contribution >= 0.6 is 0 Å². The highest BCUT2D eigenvalue weighted by Gasteiger charge is 2.13. The minimum absolute atomic E-state index is 0.185. The van der Waals surface area contributed by atoms with Gasteiger partial charge in [0.1, 0.15) is 0 Å². The molecule has 1 aromatic carbocycles. The van der Waals surface area contributed by atoms with Crippen LogP contribution < -0.4 is 20.1 Å². The zero-order valence-corrected chi connectivity index (χ0v) is 18.6. The highest BCUT2D eigenvalue weighted by atomic mass is 16.5. The first kappa shape index (κ1) is 22.8. The number of pyridine rings is 1. The number of benzene rings is 1. The minimum atomic E-state index is -0.387. The summed E-state index contributed by atoms with van der Waals surface area (Å²) >= 11 is 0. The smallest absolute Gasteiger partial charge is 0.251 e. The van der Waals surface area contributed by atoms with Crippen LogP contribution in [0.5, 0.6) is 11.5 Å². The molecule has 0 atom stereocenters. The number of amides is 2. The maximum absolute atomic E-state index is 12.5. The molecule has 0 bridgehead atoms. The first-order valence-electron chi connectivity index (χ1n) is 10.4. The monoisotopic (exact) mass is 437 g/mol. The van der Waals surface area contributed by atoms with Crippen molar-refractivity contribution in [3.63, 3.8) is 0 Å². The Kier molecular flexibility index (Phi) is 7.43. The van der Waals surface area contributed by atoms with Crippen LogP contribution in [-0.4, -0.2) is 46.3 Å². The van der Waals surface area contributed by atoms with Crippen LogP contribution in [0.4, 0.5) is 5.69 Å². The number of nitrogens with one attached hydrogen (secondary N) is 2. The maximum Gasteiger partial charge on any atom is 0.251 e. The molecular weight excluding hydrogens is 410 g/mol. The van der Waals surface area contributed by atoms with E-state index >= 15 is 0 Å². The largest absolute Gasteiger partial charge is 0.490 e. The summed E-state index contributed by atoms with van der Waals surface area (Å²) in [5.74, 6) is 0.958. The lowest BCUT2D eigenvalue weighted by molar-refractivity contribution is -0.115. The molecule has 0 saturated carbocycles. The van der Waals surface area contributed by atoms with Crippen LogP contribution in [0.2, 0.25) is 0 Å². The Hall–Kier alpha value is -3.88. The van der Waals surface area contributed by atoms with E-state index < -0.39 is 0 Å². The van der Waals surface area contributed by atoms with Crippen molar-refractivity contribution in [3.8, 4) is 17.3 Å². The van der Waals surface area contributed by atoms with Gasteiger partial charge in [0.2, 0.25) is 5.91 Å². The Morgan fingerprint density at radius 2 is 1.75 bits per heavy atom. The molecule has 9 heteroatoms. The predicted octanol–water partition coefficient (Wildman–Crippen LogP) is 3.05. The van der Waals surface area contributed by atoms with Gasteiger partial charge in [-0.05, 0) is 64.1 Å². The standard InChI is InChI=1S/C23H27N5O4/c1-5-31-19-9-7-17(12-20(19)32-6-2)23(30)25-14-22(29)26-18-8-10-21(24-13-18)28-16(4)11-15(3)27-28/h7-13H,5-6,14H2,1-4H3,(H,25,30)(H,26,29). The van der Waals surface area contributed by atoms with Gasteiger partial charge in [0.25, 0.3) is 5.91 Å². The molecule has 2 amide bonds. The number of rotatable bonds is 9. The number of ether oxygens (including phenoxy) is 2. The zero-order chi connectivity index (χ0) is 23.1. The van der Waals surface area contributed by atoms with Crippen molar-refractivity contribution in [1.29, 1.82) is 0 Å². The number of carbonyl (C=O) groups is 2. The molecule has 0 aliphatic carbocycles. The Morgan fingerprint density at radius 3 is 2.38 bits per heavy atom. The fourth-order valence-electron chi connectivity index (χ4n) is 3.11. The Balaban J connectivity index is 1.57. The number of hydrogen-bond acceptors (Lipinski definition) is 6. The van der Waals surface area contributed by atoms with Crippen LogP contribution in [0.15, 0.2) is 42.6 Å². The van der Waals surface area contributed by atoms with Gasteiger partial charge in [-0.15, -0.1) is 0 Å². The fourth-order valence-corrected chi connectivity index (χ4v) is 3.11. The SMILES string of the molecule is CCOc1ccc(C(=O)NCC(=O)Nc2ccc(-n3nc(C)cc3C)nc2)cc1OCC. The molecule has 168 valence electrons. The van der Waals surface area contributed by atoms with E-state index in [0.29, 0.717) is 41.8 Å². The molecule has 3 aromatic rings. The topological polar surface area (TPSA) is 107 Å². The van der Waals surface area contributed by atoms with Gasteiger partial charge >= 0.3 is 0 Å². The molecule has 0 unspecified atom stereocenters. The van der Waals surface area contributed by atoms with Crippen molar-refractivity contribution in [2.75, 3.05) is 25.1 Å². The van der Waals surface area contributed by atoms with E-state index in [4.69, 9.17) is 9.47 Å². The fraction of sp³-hybridized carbons (Fsp3) is 0.304. The van der Waals surface area contributed by atoms with Crippen LogP contribution in [0.3, 0.4) is 0 Å². The van der Waals surface area contributed by atoms with E-state index in [9.17, 15) is 9.59 Å². The first-order chi connectivity index (χ1) is 15.4. The summed E-state index contributed by atoms with van der Waals surface area (Å²) in [7, 11) is 0. The van der Waals surface area contributed by atoms with E-state index in [0.717, 1.165) is 11.4 Å². The Labute approximate surface area is 186 Å². The number of hydrogen-bond donors (Lipinski definition) is 2. The second kappa shape index (κ2) is 10.4.